The number of nitrogens with zero attached hydrogens (tertiary/aromatic N) is 1. The third-order valence-corrected chi connectivity index (χ3v) is 6.90. The molecule has 0 bridgehead atoms. The van der Waals surface area contributed by atoms with Gasteiger partial charge in [-0.1, -0.05) is 29.8 Å². The number of sulfonamides is 1. The fraction of sp³-hybridized carbons (Fsp3) is 0.278. The van der Waals surface area contributed by atoms with E-state index in [0.717, 1.165) is 9.87 Å². The summed E-state index contributed by atoms with van der Waals surface area (Å²) in [6.45, 7) is 1.81. The topological polar surface area (TPSA) is 66.5 Å². The number of amides is 1. The van der Waals surface area contributed by atoms with Gasteiger partial charge < -0.3 is 5.32 Å². The van der Waals surface area contributed by atoms with Crippen molar-refractivity contribution in [2.24, 2.45) is 0 Å². The SMILES string of the molecule is C[C@H](SCc1cccc(Cl)c1)C(=O)Nc1cccc(S(=O)(=O)N(C)C)c1. The highest BCUT2D eigenvalue weighted by Crippen LogP contribution is 2.22. The molecule has 0 radical (unpaired) electrons. The maximum absolute atomic E-state index is 12.4. The molecule has 0 fully saturated rings. The van der Waals surface area contributed by atoms with Crippen molar-refractivity contribution >= 4 is 45.0 Å². The quantitative estimate of drug-likeness (QED) is 0.750. The average molecular weight is 413 g/mol. The Morgan fingerprint density at radius 2 is 1.88 bits per heavy atom. The Balaban J connectivity index is 2.00. The molecule has 1 N–H and O–H groups in total. The summed E-state index contributed by atoms with van der Waals surface area (Å²) >= 11 is 7.45. The molecular weight excluding hydrogens is 392 g/mol. The minimum Gasteiger partial charge on any atom is -0.325 e. The van der Waals surface area contributed by atoms with E-state index < -0.39 is 10.0 Å². The molecular formula is C18H21ClN2O3S2. The molecule has 5 nitrogen and oxygen atoms in total. The van der Waals surface area contributed by atoms with Crippen LogP contribution in [0.3, 0.4) is 0 Å². The van der Waals surface area contributed by atoms with Gasteiger partial charge in [0.25, 0.3) is 0 Å². The van der Waals surface area contributed by atoms with E-state index in [1.165, 1.54) is 38.0 Å². The molecule has 0 saturated carbocycles. The lowest BCUT2D eigenvalue weighted by Gasteiger charge is -2.14. The second-order valence-corrected chi connectivity index (χ2v) is 9.81. The van der Waals surface area contributed by atoms with Gasteiger partial charge in [-0.25, -0.2) is 12.7 Å². The van der Waals surface area contributed by atoms with E-state index in [1.54, 1.807) is 18.2 Å². The van der Waals surface area contributed by atoms with E-state index >= 15 is 0 Å². The zero-order chi connectivity index (χ0) is 19.3. The molecule has 0 aliphatic rings. The minimum atomic E-state index is -3.54. The number of nitrogens with one attached hydrogen (secondary N) is 1. The molecule has 0 aliphatic carbocycles. The van der Waals surface area contributed by atoms with Gasteiger partial charge in [-0.2, -0.15) is 0 Å². The Morgan fingerprint density at radius 1 is 1.19 bits per heavy atom. The van der Waals surface area contributed by atoms with Gasteiger partial charge in [0, 0.05) is 30.6 Å². The van der Waals surface area contributed by atoms with E-state index in [4.69, 9.17) is 11.6 Å². The number of halogens is 1. The molecule has 2 aromatic carbocycles. The Kier molecular flexibility index (Phi) is 7.11. The Labute approximate surface area is 163 Å². The van der Waals surface area contributed by atoms with E-state index in [-0.39, 0.29) is 16.1 Å². The first-order valence-electron chi connectivity index (χ1n) is 7.89. The van der Waals surface area contributed by atoms with Crippen molar-refractivity contribution in [2.75, 3.05) is 19.4 Å². The second-order valence-electron chi connectivity index (χ2n) is 5.89. The number of hydrogen-bond donors (Lipinski definition) is 1. The van der Waals surface area contributed by atoms with Crippen LogP contribution in [0.5, 0.6) is 0 Å². The number of benzene rings is 2. The van der Waals surface area contributed by atoms with Crippen molar-refractivity contribution in [3.8, 4) is 0 Å². The first-order valence-corrected chi connectivity index (χ1v) is 10.8. The lowest BCUT2D eigenvalue weighted by Crippen LogP contribution is -2.24. The van der Waals surface area contributed by atoms with Crippen molar-refractivity contribution in [1.82, 2.24) is 4.31 Å². The molecule has 2 aromatic rings. The van der Waals surface area contributed by atoms with E-state index in [2.05, 4.69) is 5.32 Å². The fourth-order valence-electron chi connectivity index (χ4n) is 2.11. The van der Waals surface area contributed by atoms with Gasteiger partial charge in [0.1, 0.15) is 0 Å². The number of anilines is 1. The predicted molar refractivity (Wildman–Crippen MR) is 108 cm³/mol. The van der Waals surface area contributed by atoms with Crippen LogP contribution >= 0.6 is 23.4 Å². The van der Waals surface area contributed by atoms with Crippen LogP contribution < -0.4 is 5.32 Å². The van der Waals surface area contributed by atoms with Crippen LogP contribution in [0.4, 0.5) is 5.69 Å². The maximum atomic E-state index is 12.4. The lowest BCUT2D eigenvalue weighted by atomic mass is 10.2. The number of carbonyl (C=O) groups is 1. The smallest absolute Gasteiger partial charge is 0.242 e. The number of hydrogen-bond acceptors (Lipinski definition) is 4. The third-order valence-electron chi connectivity index (χ3n) is 3.64. The van der Waals surface area contributed by atoms with Crippen LogP contribution in [0, 0.1) is 0 Å². The fourth-order valence-corrected chi connectivity index (χ4v) is 4.11. The molecule has 0 aliphatic heterocycles. The summed E-state index contributed by atoms with van der Waals surface area (Å²) in [7, 11) is -0.607. The zero-order valence-corrected chi connectivity index (χ0v) is 17.2. The average Bonchev–Trinajstić information content (AvgIpc) is 2.59. The molecule has 1 atom stereocenters. The van der Waals surface area contributed by atoms with Crippen LogP contribution in [0.2, 0.25) is 5.02 Å². The van der Waals surface area contributed by atoms with Crippen molar-refractivity contribution in [2.45, 2.75) is 22.8 Å². The summed E-state index contributed by atoms with van der Waals surface area (Å²) in [6, 6.07) is 13.7. The molecule has 0 spiro atoms. The van der Waals surface area contributed by atoms with Crippen LogP contribution in [-0.4, -0.2) is 38.0 Å². The van der Waals surface area contributed by atoms with Gasteiger partial charge in [0.05, 0.1) is 10.1 Å². The first kappa shape index (κ1) is 20.8. The zero-order valence-electron chi connectivity index (χ0n) is 14.8. The van der Waals surface area contributed by atoms with Crippen molar-refractivity contribution in [1.29, 1.82) is 0 Å². The van der Waals surface area contributed by atoms with Crippen LogP contribution in [-0.2, 0) is 20.6 Å². The van der Waals surface area contributed by atoms with Gasteiger partial charge in [0.15, 0.2) is 0 Å². The third kappa shape index (κ3) is 5.48. The van der Waals surface area contributed by atoms with Crippen LogP contribution in [0.15, 0.2) is 53.4 Å². The van der Waals surface area contributed by atoms with Crippen molar-refractivity contribution in [3.05, 3.63) is 59.1 Å². The minimum absolute atomic E-state index is 0.138. The number of carbonyl (C=O) groups excluding carboxylic acids is 1. The molecule has 2 rings (SSSR count). The van der Waals surface area contributed by atoms with Gasteiger partial charge in [-0.3, -0.25) is 4.79 Å². The molecule has 0 unspecified atom stereocenters. The van der Waals surface area contributed by atoms with Gasteiger partial charge in [-0.05, 0) is 42.8 Å². The van der Waals surface area contributed by atoms with Crippen LogP contribution in [0.25, 0.3) is 0 Å². The highest BCUT2D eigenvalue weighted by Gasteiger charge is 2.19. The molecule has 1 amide bonds. The Hall–Kier alpha value is -1.54. The van der Waals surface area contributed by atoms with E-state index in [0.29, 0.717) is 16.5 Å². The summed E-state index contributed by atoms with van der Waals surface area (Å²) < 4.78 is 25.5. The molecule has 0 aromatic heterocycles. The number of thioether (sulfide) groups is 1. The van der Waals surface area contributed by atoms with Crippen molar-refractivity contribution in [3.63, 3.8) is 0 Å². The summed E-state index contributed by atoms with van der Waals surface area (Å²) in [4.78, 5) is 12.5. The number of rotatable bonds is 7. The Bertz CT molecular complexity index is 886. The normalized spacial score (nSPS) is 12.8. The summed E-state index contributed by atoms with van der Waals surface area (Å²) in [5, 5.41) is 3.14. The van der Waals surface area contributed by atoms with E-state index in [9.17, 15) is 13.2 Å². The Morgan fingerprint density at radius 3 is 2.54 bits per heavy atom. The molecule has 8 heteroatoms. The largest absolute Gasteiger partial charge is 0.325 e. The molecule has 140 valence electrons. The monoisotopic (exact) mass is 412 g/mol. The lowest BCUT2D eigenvalue weighted by molar-refractivity contribution is -0.115. The second kappa shape index (κ2) is 8.90. The van der Waals surface area contributed by atoms with E-state index in [1.807, 2.05) is 25.1 Å². The van der Waals surface area contributed by atoms with Crippen molar-refractivity contribution < 1.29 is 13.2 Å². The van der Waals surface area contributed by atoms with Gasteiger partial charge in [-0.15, -0.1) is 11.8 Å². The summed E-state index contributed by atoms with van der Waals surface area (Å²) in [5.74, 6) is 0.473. The van der Waals surface area contributed by atoms with Gasteiger partial charge in [0.2, 0.25) is 15.9 Å². The standard InChI is InChI=1S/C18H21ClN2O3S2/c1-13(25-12-14-6-4-7-15(19)10-14)18(22)20-16-8-5-9-17(11-16)26(23,24)21(2)3/h4-11,13H,12H2,1-3H3,(H,20,22)/t13-/m0/s1. The van der Waals surface area contributed by atoms with Crippen LogP contribution in [0.1, 0.15) is 12.5 Å². The maximum Gasteiger partial charge on any atom is 0.242 e. The summed E-state index contributed by atoms with van der Waals surface area (Å²) in [5.41, 5.74) is 1.49. The summed E-state index contributed by atoms with van der Waals surface area (Å²) in [6.07, 6.45) is 0. The van der Waals surface area contributed by atoms with Gasteiger partial charge >= 0.3 is 0 Å². The molecule has 26 heavy (non-hydrogen) atoms. The predicted octanol–water partition coefficient (Wildman–Crippen LogP) is 3.85. The highest BCUT2D eigenvalue weighted by molar-refractivity contribution is 7.99. The molecule has 0 heterocycles. The highest BCUT2D eigenvalue weighted by atomic mass is 35.5. The molecule has 0 saturated heterocycles. The first-order chi connectivity index (χ1) is 12.2.